The zero-order valence-corrected chi connectivity index (χ0v) is 13.8. The van der Waals surface area contributed by atoms with Gasteiger partial charge in [0.05, 0.1) is 12.8 Å². The smallest absolute Gasteiger partial charge is 0.281 e. The maximum atomic E-state index is 12.6. The van der Waals surface area contributed by atoms with Crippen molar-refractivity contribution in [2.24, 2.45) is 0 Å². The fourth-order valence-electron chi connectivity index (χ4n) is 2.18. The molecule has 112 valence electrons. The fraction of sp³-hybridized carbons (Fsp3) is 0.125. The minimum Gasteiger partial charge on any atom is -0.497 e. The topological polar surface area (TPSA) is 41.6 Å². The Morgan fingerprint density at radius 3 is 2.86 bits per heavy atom. The highest BCUT2D eigenvalue weighted by Gasteiger charge is 2.32. The molecule has 1 N–H and O–H groups in total. The number of ether oxygens (including phenoxy) is 1. The van der Waals surface area contributed by atoms with Crippen molar-refractivity contribution in [2.45, 2.75) is 6.92 Å². The van der Waals surface area contributed by atoms with Gasteiger partial charge in [-0.05, 0) is 54.4 Å². The van der Waals surface area contributed by atoms with Crippen molar-refractivity contribution >= 4 is 46.3 Å². The lowest BCUT2D eigenvalue weighted by atomic mass is 10.2. The number of thiocarbonyl (C=S) groups is 1. The van der Waals surface area contributed by atoms with Gasteiger partial charge in [-0.1, -0.05) is 6.07 Å². The van der Waals surface area contributed by atoms with E-state index in [1.807, 2.05) is 42.6 Å². The Balaban J connectivity index is 1.95. The van der Waals surface area contributed by atoms with Gasteiger partial charge in [0.2, 0.25) is 0 Å². The summed E-state index contributed by atoms with van der Waals surface area (Å²) in [5.41, 5.74) is 2.31. The van der Waals surface area contributed by atoms with Gasteiger partial charge in [0, 0.05) is 10.9 Å². The summed E-state index contributed by atoms with van der Waals surface area (Å²) in [7, 11) is 1.59. The van der Waals surface area contributed by atoms with E-state index in [1.165, 1.54) is 4.90 Å². The SMILES string of the molecule is COc1cccc(N2C(=O)/C(=C\c3sccc3C)NC2=S)c1. The van der Waals surface area contributed by atoms with Gasteiger partial charge in [0.1, 0.15) is 11.4 Å². The van der Waals surface area contributed by atoms with E-state index >= 15 is 0 Å². The molecule has 2 aromatic rings. The second kappa shape index (κ2) is 5.90. The molecule has 1 fully saturated rings. The van der Waals surface area contributed by atoms with E-state index in [0.29, 0.717) is 22.2 Å². The van der Waals surface area contributed by atoms with Crippen LogP contribution in [0.25, 0.3) is 6.08 Å². The van der Waals surface area contributed by atoms with Crippen LogP contribution in [0.2, 0.25) is 0 Å². The third kappa shape index (κ3) is 2.63. The molecular formula is C16H14N2O2S2. The monoisotopic (exact) mass is 330 g/mol. The standard InChI is InChI=1S/C16H14N2O2S2/c1-10-6-7-22-14(10)9-13-15(19)18(16(21)17-13)11-4-3-5-12(8-11)20-2/h3-9H,1-2H3,(H,17,21)/b13-9+. The number of rotatable bonds is 3. The normalized spacial score (nSPS) is 16.3. The Hall–Kier alpha value is -2.18. The summed E-state index contributed by atoms with van der Waals surface area (Å²) in [4.78, 5) is 15.2. The Kier molecular flexibility index (Phi) is 3.96. The van der Waals surface area contributed by atoms with Crippen LogP contribution in [0.4, 0.5) is 5.69 Å². The Morgan fingerprint density at radius 1 is 1.36 bits per heavy atom. The average Bonchev–Trinajstić information content (AvgIpc) is 3.03. The second-order valence-corrected chi connectivity index (χ2v) is 6.13. The van der Waals surface area contributed by atoms with Crippen LogP contribution in [0.5, 0.6) is 5.75 Å². The van der Waals surface area contributed by atoms with E-state index in [2.05, 4.69) is 5.32 Å². The lowest BCUT2D eigenvalue weighted by Crippen LogP contribution is -2.30. The van der Waals surface area contributed by atoms with E-state index in [-0.39, 0.29) is 5.91 Å². The number of benzene rings is 1. The van der Waals surface area contributed by atoms with E-state index in [4.69, 9.17) is 17.0 Å². The molecule has 0 saturated carbocycles. The van der Waals surface area contributed by atoms with Crippen molar-refractivity contribution < 1.29 is 9.53 Å². The number of aryl methyl sites for hydroxylation is 1. The van der Waals surface area contributed by atoms with Crippen LogP contribution in [0.1, 0.15) is 10.4 Å². The van der Waals surface area contributed by atoms with Crippen LogP contribution in [0, 0.1) is 6.92 Å². The van der Waals surface area contributed by atoms with Crippen LogP contribution >= 0.6 is 23.6 Å². The Morgan fingerprint density at radius 2 is 2.18 bits per heavy atom. The minimum absolute atomic E-state index is 0.161. The maximum absolute atomic E-state index is 12.6. The predicted octanol–water partition coefficient (Wildman–Crippen LogP) is 3.33. The number of nitrogens with zero attached hydrogens (tertiary/aromatic N) is 1. The first-order valence-electron chi connectivity index (χ1n) is 6.65. The molecule has 22 heavy (non-hydrogen) atoms. The first kappa shape index (κ1) is 14.7. The third-order valence-electron chi connectivity index (χ3n) is 3.37. The van der Waals surface area contributed by atoms with Crippen molar-refractivity contribution in [2.75, 3.05) is 12.0 Å². The van der Waals surface area contributed by atoms with Crippen molar-refractivity contribution in [1.82, 2.24) is 5.32 Å². The van der Waals surface area contributed by atoms with Gasteiger partial charge in [0.15, 0.2) is 5.11 Å². The van der Waals surface area contributed by atoms with E-state index in [0.717, 1.165) is 10.4 Å². The van der Waals surface area contributed by atoms with Gasteiger partial charge in [-0.15, -0.1) is 11.3 Å². The molecule has 1 aromatic carbocycles. The average molecular weight is 330 g/mol. The lowest BCUT2D eigenvalue weighted by molar-refractivity contribution is -0.113. The summed E-state index contributed by atoms with van der Waals surface area (Å²) >= 11 is 6.89. The highest BCUT2D eigenvalue weighted by atomic mass is 32.1. The molecule has 0 spiro atoms. The first-order valence-corrected chi connectivity index (χ1v) is 7.94. The largest absolute Gasteiger partial charge is 0.497 e. The molecule has 1 aliphatic rings. The number of hydrogen-bond donors (Lipinski definition) is 1. The van der Waals surface area contributed by atoms with E-state index < -0.39 is 0 Å². The number of amides is 1. The molecule has 2 heterocycles. The molecule has 0 atom stereocenters. The number of nitrogens with one attached hydrogen (secondary N) is 1. The molecule has 0 radical (unpaired) electrons. The second-order valence-electron chi connectivity index (χ2n) is 4.80. The van der Waals surface area contributed by atoms with Crippen LogP contribution in [0.15, 0.2) is 41.4 Å². The molecule has 1 aliphatic heterocycles. The molecule has 4 nitrogen and oxygen atoms in total. The van der Waals surface area contributed by atoms with E-state index in [9.17, 15) is 4.79 Å². The van der Waals surface area contributed by atoms with Crippen molar-refractivity contribution in [3.05, 3.63) is 51.8 Å². The van der Waals surface area contributed by atoms with Gasteiger partial charge in [-0.25, -0.2) is 0 Å². The predicted molar refractivity (Wildman–Crippen MR) is 93.2 cm³/mol. The molecule has 0 bridgehead atoms. The lowest BCUT2D eigenvalue weighted by Gasteiger charge is -2.14. The molecule has 1 saturated heterocycles. The third-order valence-corrected chi connectivity index (χ3v) is 4.62. The highest BCUT2D eigenvalue weighted by molar-refractivity contribution is 7.80. The summed E-state index contributed by atoms with van der Waals surface area (Å²) in [6.45, 7) is 2.01. The zero-order valence-electron chi connectivity index (χ0n) is 12.1. The highest BCUT2D eigenvalue weighted by Crippen LogP contribution is 2.27. The Bertz CT molecular complexity index is 780. The fourth-order valence-corrected chi connectivity index (χ4v) is 3.34. The van der Waals surface area contributed by atoms with Crippen molar-refractivity contribution in [1.29, 1.82) is 0 Å². The summed E-state index contributed by atoms with van der Waals surface area (Å²) in [5.74, 6) is 0.519. The zero-order chi connectivity index (χ0) is 15.7. The van der Waals surface area contributed by atoms with Gasteiger partial charge >= 0.3 is 0 Å². The molecule has 0 aliphatic carbocycles. The number of thiophene rings is 1. The number of methoxy groups -OCH3 is 1. The summed E-state index contributed by atoms with van der Waals surface area (Å²) in [5, 5.41) is 5.36. The van der Waals surface area contributed by atoms with Gasteiger partial charge in [0.25, 0.3) is 5.91 Å². The summed E-state index contributed by atoms with van der Waals surface area (Å²) < 4.78 is 5.20. The number of anilines is 1. The van der Waals surface area contributed by atoms with Crippen LogP contribution < -0.4 is 15.0 Å². The van der Waals surface area contributed by atoms with Gasteiger partial charge in [-0.2, -0.15) is 0 Å². The number of carbonyl (C=O) groups excluding carboxylic acids is 1. The van der Waals surface area contributed by atoms with Crippen molar-refractivity contribution in [3.8, 4) is 5.75 Å². The molecular weight excluding hydrogens is 316 g/mol. The molecule has 0 unspecified atom stereocenters. The number of hydrogen-bond acceptors (Lipinski definition) is 4. The minimum atomic E-state index is -0.161. The molecule has 1 aromatic heterocycles. The van der Waals surface area contributed by atoms with Crippen LogP contribution in [0.3, 0.4) is 0 Å². The van der Waals surface area contributed by atoms with Crippen molar-refractivity contribution in [3.63, 3.8) is 0 Å². The number of carbonyl (C=O) groups is 1. The quantitative estimate of drug-likeness (QED) is 0.692. The van der Waals surface area contributed by atoms with Crippen LogP contribution in [-0.4, -0.2) is 18.1 Å². The van der Waals surface area contributed by atoms with Gasteiger partial charge < -0.3 is 10.1 Å². The molecule has 6 heteroatoms. The summed E-state index contributed by atoms with van der Waals surface area (Å²) in [6, 6.07) is 9.29. The van der Waals surface area contributed by atoms with E-state index in [1.54, 1.807) is 24.5 Å². The first-order chi connectivity index (χ1) is 10.6. The summed E-state index contributed by atoms with van der Waals surface area (Å²) in [6.07, 6.45) is 1.84. The maximum Gasteiger partial charge on any atom is 0.281 e. The van der Waals surface area contributed by atoms with Gasteiger partial charge in [-0.3, -0.25) is 9.69 Å². The molecule has 1 amide bonds. The van der Waals surface area contributed by atoms with Crippen LogP contribution in [-0.2, 0) is 4.79 Å². The Labute approximate surface area is 138 Å². The molecule has 3 rings (SSSR count).